The number of nitrogens with zero attached hydrogens (tertiary/aromatic N) is 3. The van der Waals surface area contributed by atoms with Crippen LogP contribution in [0.15, 0.2) is 55.1 Å². The van der Waals surface area contributed by atoms with E-state index < -0.39 is 0 Å². The summed E-state index contributed by atoms with van der Waals surface area (Å²) in [6.07, 6.45) is 10.4. The number of piperidine rings is 1. The number of carbonyl (C=O) groups excluding carboxylic acids is 1. The molecule has 0 radical (unpaired) electrons. The Bertz CT molecular complexity index is 1360. The summed E-state index contributed by atoms with van der Waals surface area (Å²) in [5.41, 5.74) is 8.64. The molecule has 0 saturated carbocycles. The number of aromatic amines is 1. The number of benzene rings is 1. The minimum Gasteiger partial charge on any atom is -0.346 e. The van der Waals surface area contributed by atoms with Gasteiger partial charge in [-0.3, -0.25) is 9.78 Å². The minimum atomic E-state index is -0.00270. The van der Waals surface area contributed by atoms with E-state index in [1.165, 1.54) is 11.1 Å². The fourth-order valence-corrected chi connectivity index (χ4v) is 5.54. The molecule has 5 nitrogen and oxygen atoms in total. The van der Waals surface area contributed by atoms with E-state index in [2.05, 4.69) is 52.0 Å². The molecule has 1 aliphatic carbocycles. The van der Waals surface area contributed by atoms with E-state index >= 15 is 0 Å². The summed E-state index contributed by atoms with van der Waals surface area (Å²) in [5.74, 6) is 0.297. The summed E-state index contributed by atoms with van der Waals surface area (Å²) in [6.45, 7) is 4.18. The number of hydrogen-bond acceptors (Lipinski definition) is 4. The predicted octanol–water partition coefficient (Wildman–Crippen LogP) is 5.15. The molecule has 0 bridgehead atoms. The minimum absolute atomic E-state index is 0.00270. The summed E-state index contributed by atoms with van der Waals surface area (Å²) in [6, 6.07) is 10.6. The third-order valence-electron chi connectivity index (χ3n) is 7.53. The van der Waals surface area contributed by atoms with Crippen LogP contribution in [0.1, 0.15) is 40.7 Å². The van der Waals surface area contributed by atoms with Gasteiger partial charge in [-0.15, -0.1) is 0 Å². The molecular formula is C27H26N4O. The molecule has 2 aliphatic rings. The van der Waals surface area contributed by atoms with Gasteiger partial charge in [0.15, 0.2) is 5.78 Å². The summed E-state index contributed by atoms with van der Waals surface area (Å²) >= 11 is 0. The maximum atomic E-state index is 12.8. The summed E-state index contributed by atoms with van der Waals surface area (Å²) < 4.78 is 0. The van der Waals surface area contributed by atoms with Gasteiger partial charge in [-0.25, -0.2) is 4.98 Å². The van der Waals surface area contributed by atoms with E-state index in [-0.39, 0.29) is 5.41 Å². The van der Waals surface area contributed by atoms with Gasteiger partial charge < -0.3 is 9.88 Å². The zero-order valence-electron chi connectivity index (χ0n) is 18.5. The van der Waals surface area contributed by atoms with E-state index in [1.54, 1.807) is 0 Å². The summed E-state index contributed by atoms with van der Waals surface area (Å²) in [7, 11) is 2.17. The Kier molecular flexibility index (Phi) is 4.30. The molecule has 6 rings (SSSR count). The number of nitrogens with one attached hydrogen (secondary N) is 1. The molecule has 4 aromatic rings. The number of likely N-dealkylation sites (tertiary alicyclic amines) is 1. The third kappa shape index (κ3) is 2.92. The van der Waals surface area contributed by atoms with Gasteiger partial charge in [0, 0.05) is 64.3 Å². The number of Topliss-reactive ketones (excluding diaryl/α,β-unsaturated/α-hetero) is 1. The van der Waals surface area contributed by atoms with Crippen molar-refractivity contribution >= 4 is 16.8 Å². The van der Waals surface area contributed by atoms with Crippen LogP contribution in [0.5, 0.6) is 0 Å². The number of rotatable bonds is 2. The van der Waals surface area contributed by atoms with E-state index in [0.29, 0.717) is 12.2 Å². The molecule has 3 aromatic heterocycles. The second-order valence-corrected chi connectivity index (χ2v) is 9.46. The topological polar surface area (TPSA) is 61.9 Å². The Morgan fingerprint density at radius 1 is 1.00 bits per heavy atom. The van der Waals surface area contributed by atoms with Gasteiger partial charge in [-0.2, -0.15) is 0 Å². The smallest absolute Gasteiger partial charge is 0.164 e. The zero-order chi connectivity index (χ0) is 21.9. The largest absolute Gasteiger partial charge is 0.346 e. The van der Waals surface area contributed by atoms with Gasteiger partial charge in [0.25, 0.3) is 0 Å². The highest BCUT2D eigenvalue weighted by Crippen LogP contribution is 2.47. The Morgan fingerprint density at radius 3 is 2.66 bits per heavy atom. The van der Waals surface area contributed by atoms with Crippen molar-refractivity contribution in [2.75, 3.05) is 20.1 Å². The lowest BCUT2D eigenvalue weighted by Gasteiger charge is -2.38. The number of H-pyrrole nitrogens is 1. The lowest BCUT2D eigenvalue weighted by molar-refractivity contribution is 0.0945. The maximum Gasteiger partial charge on any atom is 0.164 e. The Labute approximate surface area is 187 Å². The molecule has 1 aliphatic heterocycles. The highest BCUT2D eigenvalue weighted by atomic mass is 16.1. The van der Waals surface area contributed by atoms with Crippen molar-refractivity contribution in [3.05, 3.63) is 71.8 Å². The van der Waals surface area contributed by atoms with Crippen LogP contribution in [0.25, 0.3) is 33.3 Å². The SMILES string of the molecule is Cc1ccncc1-c1cnc2[nH]cc(-c3ccc4c(c3)C3(CCN(C)CC3)CC4=O)c2c1. The first kappa shape index (κ1) is 19.4. The average molecular weight is 423 g/mol. The first-order valence-corrected chi connectivity index (χ1v) is 11.3. The zero-order valence-corrected chi connectivity index (χ0v) is 18.5. The van der Waals surface area contributed by atoms with Crippen LogP contribution in [0.2, 0.25) is 0 Å². The quantitative estimate of drug-likeness (QED) is 0.485. The van der Waals surface area contributed by atoms with Crippen molar-refractivity contribution < 1.29 is 4.79 Å². The molecule has 0 atom stereocenters. The van der Waals surface area contributed by atoms with Crippen LogP contribution < -0.4 is 0 Å². The van der Waals surface area contributed by atoms with Crippen LogP contribution in [0, 0.1) is 6.92 Å². The van der Waals surface area contributed by atoms with Gasteiger partial charge in [0.2, 0.25) is 0 Å². The van der Waals surface area contributed by atoms with Crippen molar-refractivity contribution in [1.82, 2.24) is 19.9 Å². The van der Waals surface area contributed by atoms with Crippen LogP contribution in [0.4, 0.5) is 0 Å². The molecule has 1 saturated heterocycles. The molecule has 1 fully saturated rings. The van der Waals surface area contributed by atoms with Crippen molar-refractivity contribution in [1.29, 1.82) is 0 Å². The van der Waals surface area contributed by atoms with Gasteiger partial charge in [-0.1, -0.05) is 12.1 Å². The molecule has 4 heterocycles. The standard InChI is InChI=1S/C27H26N4O/c1-17-5-8-28-15-22(17)19-11-21-23(16-30-26(21)29-14-19)18-3-4-20-24(12-18)27(13-25(20)32)6-9-31(2)10-7-27/h3-5,8,11-12,14-16H,6-7,9-10,13H2,1-2H3,(H,29,30). The predicted molar refractivity (Wildman–Crippen MR) is 127 cm³/mol. The Morgan fingerprint density at radius 2 is 1.84 bits per heavy atom. The van der Waals surface area contributed by atoms with Gasteiger partial charge in [0.1, 0.15) is 5.65 Å². The van der Waals surface area contributed by atoms with Crippen LogP contribution in [-0.2, 0) is 5.41 Å². The Balaban J connectivity index is 1.47. The first-order valence-electron chi connectivity index (χ1n) is 11.3. The van der Waals surface area contributed by atoms with Crippen molar-refractivity contribution in [2.24, 2.45) is 0 Å². The molecule has 32 heavy (non-hydrogen) atoms. The van der Waals surface area contributed by atoms with E-state index in [1.807, 2.05) is 36.9 Å². The summed E-state index contributed by atoms with van der Waals surface area (Å²) in [5, 5.41) is 1.09. The number of ketones is 1. The molecule has 5 heteroatoms. The fourth-order valence-electron chi connectivity index (χ4n) is 5.54. The Hall–Kier alpha value is -3.31. The number of aryl methyl sites for hydroxylation is 1. The monoisotopic (exact) mass is 422 g/mol. The lowest BCUT2D eigenvalue weighted by Crippen LogP contribution is -2.39. The van der Waals surface area contributed by atoms with E-state index in [0.717, 1.165) is 64.8 Å². The van der Waals surface area contributed by atoms with Crippen LogP contribution in [0.3, 0.4) is 0 Å². The second kappa shape index (κ2) is 7.10. The number of carbonyl (C=O) groups is 1. The van der Waals surface area contributed by atoms with Gasteiger partial charge >= 0.3 is 0 Å². The van der Waals surface area contributed by atoms with Crippen molar-refractivity contribution in [2.45, 2.75) is 31.6 Å². The highest BCUT2D eigenvalue weighted by molar-refractivity contribution is 6.04. The second-order valence-electron chi connectivity index (χ2n) is 9.46. The number of aromatic nitrogens is 3. The summed E-state index contributed by atoms with van der Waals surface area (Å²) in [4.78, 5) is 27.5. The molecule has 1 aromatic carbocycles. The average Bonchev–Trinajstić information content (AvgIpc) is 3.35. The lowest BCUT2D eigenvalue weighted by atomic mass is 9.73. The molecule has 1 N–H and O–H groups in total. The molecule has 1 spiro atoms. The van der Waals surface area contributed by atoms with Gasteiger partial charge in [-0.05, 0) is 74.8 Å². The van der Waals surface area contributed by atoms with Crippen molar-refractivity contribution in [3.8, 4) is 22.3 Å². The first-order chi connectivity index (χ1) is 15.5. The fraction of sp³-hybridized carbons (Fsp3) is 0.296. The number of pyridine rings is 2. The van der Waals surface area contributed by atoms with E-state index in [9.17, 15) is 4.79 Å². The normalized spacial score (nSPS) is 17.9. The molecule has 160 valence electrons. The maximum absolute atomic E-state index is 12.8. The molecule has 0 unspecified atom stereocenters. The molecular weight excluding hydrogens is 396 g/mol. The molecule has 0 amide bonds. The van der Waals surface area contributed by atoms with E-state index in [4.69, 9.17) is 0 Å². The third-order valence-corrected chi connectivity index (χ3v) is 7.53. The van der Waals surface area contributed by atoms with Crippen LogP contribution in [-0.4, -0.2) is 45.8 Å². The highest BCUT2D eigenvalue weighted by Gasteiger charge is 2.44. The number of fused-ring (bicyclic) bond motifs is 3. The van der Waals surface area contributed by atoms with Gasteiger partial charge in [0.05, 0.1) is 0 Å². The number of hydrogen-bond donors (Lipinski definition) is 1. The van der Waals surface area contributed by atoms with Crippen molar-refractivity contribution in [3.63, 3.8) is 0 Å². The van der Waals surface area contributed by atoms with Crippen LogP contribution >= 0.6 is 0 Å².